The van der Waals surface area contributed by atoms with Gasteiger partial charge in [-0.3, -0.25) is 14.9 Å². The van der Waals surface area contributed by atoms with Crippen molar-refractivity contribution in [2.75, 3.05) is 11.9 Å². The van der Waals surface area contributed by atoms with Gasteiger partial charge in [0, 0.05) is 17.2 Å². The fourth-order valence-corrected chi connectivity index (χ4v) is 0.855. The first kappa shape index (κ1) is 10.3. The Labute approximate surface area is 72.0 Å². The van der Waals surface area contributed by atoms with E-state index in [0.717, 1.165) is 0 Å². The van der Waals surface area contributed by atoms with Gasteiger partial charge in [-0.2, -0.15) is 0 Å². The van der Waals surface area contributed by atoms with Crippen LogP contribution in [0.4, 0.5) is 0 Å². The van der Waals surface area contributed by atoms with Gasteiger partial charge in [0.1, 0.15) is 0 Å². The van der Waals surface area contributed by atoms with E-state index < -0.39 is 17.0 Å². The minimum atomic E-state index is -0.664. The smallest absolute Gasteiger partial charge is 0.303 e. The summed E-state index contributed by atoms with van der Waals surface area (Å²) in [5.74, 6) is -0.503. The SMILES string of the molecule is CC(=O)OC(CBr)C[N+](=O)[O-]. The van der Waals surface area contributed by atoms with Crippen LogP contribution in [-0.2, 0) is 9.53 Å². The van der Waals surface area contributed by atoms with Crippen LogP contribution in [-0.4, -0.2) is 28.9 Å². The summed E-state index contributed by atoms with van der Waals surface area (Å²) in [6.07, 6.45) is -0.664. The number of rotatable bonds is 4. The Hall–Kier alpha value is -0.650. The molecule has 0 bridgehead atoms. The molecule has 0 fully saturated rings. The normalized spacial score (nSPS) is 12.2. The largest absolute Gasteiger partial charge is 0.455 e. The Morgan fingerprint density at radius 1 is 1.82 bits per heavy atom. The number of nitro groups is 1. The highest BCUT2D eigenvalue weighted by atomic mass is 79.9. The van der Waals surface area contributed by atoms with Gasteiger partial charge >= 0.3 is 5.97 Å². The van der Waals surface area contributed by atoms with E-state index in [0.29, 0.717) is 0 Å². The first-order chi connectivity index (χ1) is 5.06. The maximum atomic E-state index is 10.3. The van der Waals surface area contributed by atoms with Crippen LogP contribution in [0.3, 0.4) is 0 Å². The molecule has 1 atom stereocenters. The van der Waals surface area contributed by atoms with Gasteiger partial charge in [-0.05, 0) is 0 Å². The van der Waals surface area contributed by atoms with Crippen LogP contribution in [0.5, 0.6) is 0 Å². The zero-order valence-electron chi connectivity index (χ0n) is 5.95. The van der Waals surface area contributed by atoms with Crippen LogP contribution in [0.25, 0.3) is 0 Å². The number of hydrogen-bond donors (Lipinski definition) is 0. The van der Waals surface area contributed by atoms with Crippen molar-refractivity contribution in [3.63, 3.8) is 0 Å². The lowest BCUT2D eigenvalue weighted by atomic mass is 10.4. The molecule has 0 aromatic carbocycles. The van der Waals surface area contributed by atoms with E-state index >= 15 is 0 Å². The van der Waals surface area contributed by atoms with Gasteiger partial charge in [0.25, 0.3) is 0 Å². The van der Waals surface area contributed by atoms with Gasteiger partial charge in [0.15, 0.2) is 6.10 Å². The highest BCUT2D eigenvalue weighted by Gasteiger charge is 2.16. The minimum Gasteiger partial charge on any atom is -0.455 e. The van der Waals surface area contributed by atoms with E-state index in [1.807, 2.05) is 0 Å². The van der Waals surface area contributed by atoms with E-state index in [9.17, 15) is 14.9 Å². The number of hydrogen-bond acceptors (Lipinski definition) is 4. The van der Waals surface area contributed by atoms with E-state index in [1.165, 1.54) is 6.92 Å². The summed E-state index contributed by atoms with van der Waals surface area (Å²) in [5, 5.41) is 10.2. The van der Waals surface area contributed by atoms with Crippen molar-refractivity contribution in [2.45, 2.75) is 13.0 Å². The highest BCUT2D eigenvalue weighted by molar-refractivity contribution is 9.09. The van der Waals surface area contributed by atoms with Gasteiger partial charge in [-0.15, -0.1) is 0 Å². The lowest BCUT2D eigenvalue weighted by Gasteiger charge is -2.08. The van der Waals surface area contributed by atoms with Crippen molar-refractivity contribution in [1.29, 1.82) is 0 Å². The standard InChI is InChI=1S/C5H8BrNO4/c1-4(8)11-5(2-6)3-7(9)10/h5H,2-3H2,1H3. The number of alkyl halides is 1. The molecule has 0 aliphatic carbocycles. The molecular weight excluding hydrogens is 218 g/mol. The average Bonchev–Trinajstić information content (AvgIpc) is 1.84. The summed E-state index contributed by atoms with van der Waals surface area (Å²) < 4.78 is 4.58. The molecule has 6 heteroatoms. The average molecular weight is 226 g/mol. The van der Waals surface area contributed by atoms with E-state index in [-0.39, 0.29) is 11.9 Å². The summed E-state index contributed by atoms with van der Waals surface area (Å²) >= 11 is 2.99. The molecule has 0 amide bonds. The molecule has 0 saturated carbocycles. The maximum Gasteiger partial charge on any atom is 0.303 e. The summed E-state index contributed by atoms with van der Waals surface area (Å²) in [4.78, 5) is 19.8. The molecule has 5 nitrogen and oxygen atoms in total. The van der Waals surface area contributed by atoms with Gasteiger partial charge < -0.3 is 4.74 Å². The van der Waals surface area contributed by atoms with Crippen LogP contribution in [0.1, 0.15) is 6.92 Å². The molecule has 0 radical (unpaired) electrons. The molecule has 0 aliphatic rings. The summed E-state index contributed by atoms with van der Waals surface area (Å²) in [5.41, 5.74) is 0. The summed E-state index contributed by atoms with van der Waals surface area (Å²) in [7, 11) is 0. The summed E-state index contributed by atoms with van der Waals surface area (Å²) in [6.45, 7) is 0.862. The highest BCUT2D eigenvalue weighted by Crippen LogP contribution is 1.98. The number of nitrogens with zero attached hydrogens (tertiary/aromatic N) is 1. The van der Waals surface area contributed by atoms with Crippen LogP contribution >= 0.6 is 15.9 Å². The molecule has 0 aliphatic heterocycles. The van der Waals surface area contributed by atoms with Crippen molar-refractivity contribution < 1.29 is 14.5 Å². The van der Waals surface area contributed by atoms with Gasteiger partial charge in [-0.25, -0.2) is 0 Å². The third-order valence-corrected chi connectivity index (χ3v) is 1.58. The quantitative estimate of drug-likeness (QED) is 0.304. The second kappa shape index (κ2) is 5.06. The molecule has 0 spiro atoms. The van der Waals surface area contributed by atoms with Crippen molar-refractivity contribution in [1.82, 2.24) is 0 Å². The molecule has 0 aromatic heterocycles. The van der Waals surface area contributed by atoms with Crippen molar-refractivity contribution in [3.8, 4) is 0 Å². The Morgan fingerprint density at radius 2 is 2.36 bits per heavy atom. The van der Waals surface area contributed by atoms with Gasteiger partial charge in [0.05, 0.1) is 0 Å². The topological polar surface area (TPSA) is 69.4 Å². The monoisotopic (exact) mass is 225 g/mol. The molecule has 0 saturated heterocycles. The lowest BCUT2D eigenvalue weighted by molar-refractivity contribution is -0.488. The fourth-order valence-electron chi connectivity index (χ4n) is 0.519. The molecular formula is C5H8BrNO4. The zero-order chi connectivity index (χ0) is 8.85. The van der Waals surface area contributed by atoms with Gasteiger partial charge in [0.2, 0.25) is 6.54 Å². The minimum absolute atomic E-state index is 0.285. The molecule has 0 rings (SSSR count). The van der Waals surface area contributed by atoms with Crippen molar-refractivity contribution in [3.05, 3.63) is 10.1 Å². The van der Waals surface area contributed by atoms with Gasteiger partial charge in [-0.1, -0.05) is 15.9 Å². The zero-order valence-corrected chi connectivity index (χ0v) is 7.54. The van der Waals surface area contributed by atoms with E-state index in [1.54, 1.807) is 0 Å². The maximum absolute atomic E-state index is 10.3. The molecule has 0 N–H and O–H groups in total. The second-order valence-electron chi connectivity index (χ2n) is 1.90. The third kappa shape index (κ3) is 5.78. The molecule has 1 unspecified atom stereocenters. The summed E-state index contributed by atoms with van der Waals surface area (Å²) in [6, 6.07) is 0. The van der Waals surface area contributed by atoms with E-state index in [4.69, 9.17) is 0 Å². The molecule has 0 heterocycles. The predicted molar refractivity (Wildman–Crippen MR) is 41.2 cm³/mol. The molecule has 0 aromatic rings. The predicted octanol–water partition coefficient (Wildman–Crippen LogP) is 0.590. The van der Waals surface area contributed by atoms with Crippen LogP contribution < -0.4 is 0 Å². The first-order valence-corrected chi connectivity index (χ1v) is 4.03. The second-order valence-corrected chi connectivity index (χ2v) is 2.55. The Balaban J connectivity index is 3.76. The number of carbonyl (C=O) groups is 1. The van der Waals surface area contributed by atoms with Crippen molar-refractivity contribution in [2.24, 2.45) is 0 Å². The van der Waals surface area contributed by atoms with Crippen LogP contribution in [0.15, 0.2) is 0 Å². The van der Waals surface area contributed by atoms with Crippen LogP contribution in [0.2, 0.25) is 0 Å². The van der Waals surface area contributed by atoms with Crippen molar-refractivity contribution >= 4 is 21.9 Å². The Kier molecular flexibility index (Phi) is 4.76. The Bertz CT molecular complexity index is 145. The fraction of sp³-hybridized carbons (Fsp3) is 0.800. The molecule has 64 valence electrons. The molecule has 11 heavy (non-hydrogen) atoms. The third-order valence-electron chi connectivity index (χ3n) is 0.857. The van der Waals surface area contributed by atoms with E-state index in [2.05, 4.69) is 20.7 Å². The number of ether oxygens (including phenoxy) is 1. The number of halogens is 1. The lowest BCUT2D eigenvalue weighted by Crippen LogP contribution is -2.26. The van der Waals surface area contributed by atoms with Crippen LogP contribution in [0, 0.1) is 10.1 Å². The number of esters is 1. The number of carbonyl (C=O) groups excluding carboxylic acids is 1. The Morgan fingerprint density at radius 3 is 2.64 bits per heavy atom. The first-order valence-electron chi connectivity index (χ1n) is 2.91.